The van der Waals surface area contributed by atoms with Crippen LogP contribution in [0.15, 0.2) is 12.7 Å². The maximum atomic E-state index is 3.61. The average Bonchev–Trinajstić information content (AvgIpc) is 1.41. The first-order valence-corrected chi connectivity index (χ1v) is 8.68. The van der Waals surface area contributed by atoms with Crippen molar-refractivity contribution in [1.82, 2.24) is 0 Å². The molecular weight excluding hydrogens is 87.1 g/mol. The molecular formula is C3H7NaSi. The predicted molar refractivity (Wildman–Crippen MR) is 29.3 cm³/mol. The van der Waals surface area contributed by atoms with Crippen LogP contribution in [0.5, 0.6) is 0 Å². The van der Waals surface area contributed by atoms with Crippen LogP contribution in [0.25, 0.3) is 0 Å². The van der Waals surface area contributed by atoms with Crippen LogP contribution < -0.4 is 0 Å². The summed E-state index contributed by atoms with van der Waals surface area (Å²) in [5.74, 6) is 0. The molecule has 0 unspecified atom stereocenters. The maximum absolute atomic E-state index is 3.61. The molecule has 0 aromatic heterocycles. The zero-order valence-electron chi connectivity index (χ0n) is 3.70. The number of hydrogen-bond donors (Lipinski definition) is 0. The fraction of sp³-hybridized carbons (Fsp3) is 0.333. The van der Waals surface area contributed by atoms with Gasteiger partial charge in [-0.2, -0.15) is 0 Å². The summed E-state index contributed by atoms with van der Waals surface area (Å²) in [6.45, 7) is 3.61. The first-order valence-electron chi connectivity index (χ1n) is 2.02. The first-order chi connectivity index (χ1) is 2.41. The van der Waals surface area contributed by atoms with Gasteiger partial charge in [0.25, 0.3) is 0 Å². The molecule has 0 saturated carbocycles. The van der Waals surface area contributed by atoms with E-state index >= 15 is 0 Å². The Labute approximate surface area is 51.7 Å². The van der Waals surface area contributed by atoms with Gasteiger partial charge in [-0.05, 0) is 0 Å². The van der Waals surface area contributed by atoms with Crippen LogP contribution in [0.3, 0.4) is 0 Å². The van der Waals surface area contributed by atoms with Gasteiger partial charge >= 0.3 is 51.8 Å². The Bertz CT molecular complexity index is 28.1. The van der Waals surface area contributed by atoms with Crippen LogP contribution in [0, 0.1) is 0 Å². The van der Waals surface area contributed by atoms with Gasteiger partial charge < -0.3 is 0 Å². The van der Waals surface area contributed by atoms with Crippen molar-refractivity contribution < 1.29 is 0 Å². The van der Waals surface area contributed by atoms with E-state index in [1.807, 2.05) is 6.08 Å². The normalized spacial score (nSPS) is 10.0. The van der Waals surface area contributed by atoms with Gasteiger partial charge in [0, 0.05) is 0 Å². The molecule has 0 aliphatic heterocycles. The van der Waals surface area contributed by atoms with Crippen LogP contribution in [-0.2, 0) is 0 Å². The molecule has 0 fully saturated rings. The molecule has 0 atom stereocenters. The van der Waals surface area contributed by atoms with Crippen molar-refractivity contribution in [3.63, 3.8) is 0 Å². The van der Waals surface area contributed by atoms with Crippen molar-refractivity contribution in [2.45, 2.75) is 6.04 Å². The molecule has 0 aromatic rings. The molecule has 0 radical (unpaired) electrons. The molecule has 0 bridgehead atoms. The van der Waals surface area contributed by atoms with Crippen molar-refractivity contribution in [2.75, 3.05) is 0 Å². The molecule has 5 heavy (non-hydrogen) atoms. The van der Waals surface area contributed by atoms with E-state index in [1.165, 1.54) is 33.1 Å². The van der Waals surface area contributed by atoms with Crippen LogP contribution in [-0.4, -0.2) is 33.1 Å². The number of rotatable bonds is 2. The Morgan fingerprint density at radius 3 is 2.60 bits per heavy atom. The Morgan fingerprint density at radius 1 is 2.00 bits per heavy atom. The molecule has 0 nitrogen and oxygen atoms in total. The third kappa shape index (κ3) is 4.96. The molecule has 0 aliphatic carbocycles. The molecule has 0 saturated heterocycles. The molecule has 2 heteroatoms. The zero-order valence-corrected chi connectivity index (χ0v) is 7.11. The summed E-state index contributed by atoms with van der Waals surface area (Å²) in [4.78, 5) is 0. The van der Waals surface area contributed by atoms with E-state index < -0.39 is 0 Å². The van der Waals surface area contributed by atoms with E-state index in [2.05, 4.69) is 6.58 Å². The van der Waals surface area contributed by atoms with E-state index in [0.717, 1.165) is 0 Å². The first kappa shape index (κ1) is 5.96. The molecule has 0 aromatic carbocycles. The molecule has 0 N–H and O–H groups in total. The summed E-state index contributed by atoms with van der Waals surface area (Å²) in [6, 6.07) is 1.35. The van der Waals surface area contributed by atoms with Crippen LogP contribution in [0.4, 0.5) is 0 Å². The minimum atomic E-state index is 0.435. The Morgan fingerprint density at radius 2 is 2.60 bits per heavy atom. The average molecular weight is 94.2 g/mol. The van der Waals surface area contributed by atoms with Gasteiger partial charge in [-0.3, -0.25) is 0 Å². The second-order valence-corrected chi connectivity index (χ2v) is 5.65. The van der Waals surface area contributed by atoms with E-state index in [4.69, 9.17) is 0 Å². The number of hydrogen-bond acceptors (Lipinski definition) is 0. The zero-order chi connectivity index (χ0) is 4.12. The van der Waals surface area contributed by atoms with Crippen molar-refractivity contribution in [1.29, 1.82) is 0 Å². The van der Waals surface area contributed by atoms with Gasteiger partial charge in [-0.1, -0.05) is 0 Å². The summed E-state index contributed by atoms with van der Waals surface area (Å²) in [5.41, 5.74) is 0. The van der Waals surface area contributed by atoms with Gasteiger partial charge in [-0.25, -0.2) is 0 Å². The van der Waals surface area contributed by atoms with Crippen molar-refractivity contribution in [2.24, 2.45) is 0 Å². The number of allylic oxidation sites excluding steroid dienone is 1. The van der Waals surface area contributed by atoms with Crippen LogP contribution in [0.2, 0.25) is 6.04 Å². The summed E-state index contributed by atoms with van der Waals surface area (Å²) >= 11 is 1.47. The van der Waals surface area contributed by atoms with Crippen molar-refractivity contribution in [3.8, 4) is 0 Å². The summed E-state index contributed by atoms with van der Waals surface area (Å²) in [7, 11) is 0. The van der Waals surface area contributed by atoms with E-state index in [-0.39, 0.29) is 0 Å². The van der Waals surface area contributed by atoms with Crippen LogP contribution in [0.1, 0.15) is 0 Å². The predicted octanol–water partition coefficient (Wildman–Crippen LogP) is -0.157. The molecule has 24 valence electrons. The third-order valence-electron chi connectivity index (χ3n) is 0.493. The van der Waals surface area contributed by atoms with E-state index in [9.17, 15) is 0 Å². The fourth-order valence-corrected chi connectivity index (χ4v) is 1.84. The molecule has 0 amide bonds. The van der Waals surface area contributed by atoms with E-state index in [1.54, 1.807) is 0 Å². The third-order valence-corrected chi connectivity index (χ3v) is 3.21. The SMILES string of the molecule is C=CC[SiH2][Na]. The minimum absolute atomic E-state index is 0.435. The standard InChI is InChI=1S/C3H7Si.Na/c1-2-3-4;/h2H,1,3-4H2;. The molecule has 0 heterocycles. The summed E-state index contributed by atoms with van der Waals surface area (Å²) in [6.07, 6.45) is 2.46. The van der Waals surface area contributed by atoms with Gasteiger partial charge in [0.05, 0.1) is 0 Å². The summed E-state index contributed by atoms with van der Waals surface area (Å²) < 4.78 is 0. The molecule has 0 rings (SSSR count). The van der Waals surface area contributed by atoms with Gasteiger partial charge in [-0.15, -0.1) is 0 Å². The van der Waals surface area contributed by atoms with Crippen molar-refractivity contribution in [3.05, 3.63) is 12.7 Å². The topological polar surface area (TPSA) is 0 Å². The second kappa shape index (κ2) is 4.96. The molecule has 0 spiro atoms. The van der Waals surface area contributed by atoms with Gasteiger partial charge in [0.15, 0.2) is 0 Å². The van der Waals surface area contributed by atoms with Gasteiger partial charge in [0.2, 0.25) is 0 Å². The van der Waals surface area contributed by atoms with Gasteiger partial charge in [0.1, 0.15) is 0 Å². The van der Waals surface area contributed by atoms with Crippen molar-refractivity contribution >= 4 is 33.1 Å². The molecule has 0 aliphatic rings. The fourth-order valence-electron chi connectivity index (χ4n) is 0.204. The van der Waals surface area contributed by atoms with E-state index in [0.29, 0.717) is 6.08 Å². The Hall–Kier alpha value is 0.957. The monoisotopic (exact) mass is 94.0 g/mol. The Balaban J connectivity index is 2.40. The second-order valence-electron chi connectivity index (χ2n) is 1.08. The Kier molecular flexibility index (Phi) is 5.91. The quantitative estimate of drug-likeness (QED) is 0.329. The summed E-state index contributed by atoms with van der Waals surface area (Å²) in [5, 5.41) is 0. The van der Waals surface area contributed by atoms with Crippen LogP contribution >= 0.6 is 0 Å².